The van der Waals surface area contributed by atoms with E-state index < -0.39 is 0 Å². The van der Waals surface area contributed by atoms with Crippen LogP contribution in [-0.2, 0) is 6.54 Å². The lowest BCUT2D eigenvalue weighted by molar-refractivity contribution is 0.180. The third-order valence-corrected chi connectivity index (χ3v) is 5.08. The summed E-state index contributed by atoms with van der Waals surface area (Å²) >= 11 is 5.94. The largest absolute Gasteiger partial charge is 0.496 e. The number of urea groups is 1. The first-order valence-electron chi connectivity index (χ1n) is 8.78. The van der Waals surface area contributed by atoms with Crippen molar-refractivity contribution in [2.75, 3.05) is 19.0 Å². The second-order valence-electron chi connectivity index (χ2n) is 6.40. The van der Waals surface area contributed by atoms with E-state index in [0.717, 1.165) is 23.6 Å². The van der Waals surface area contributed by atoms with Crippen molar-refractivity contribution in [2.45, 2.75) is 12.6 Å². The van der Waals surface area contributed by atoms with Crippen LogP contribution in [0.3, 0.4) is 0 Å². The monoisotopic (exact) mass is 381 g/mol. The van der Waals surface area contributed by atoms with E-state index in [1.165, 1.54) is 0 Å². The van der Waals surface area contributed by atoms with Gasteiger partial charge in [0.05, 0.1) is 7.11 Å². The molecular formula is C21H20ClN3O2. The van der Waals surface area contributed by atoms with Crippen LogP contribution >= 0.6 is 11.6 Å². The first-order chi connectivity index (χ1) is 13.2. The number of carbonyl (C=O) groups excluding carboxylic acids is 1. The molecular weight excluding hydrogens is 362 g/mol. The zero-order valence-corrected chi connectivity index (χ0v) is 15.7. The summed E-state index contributed by atoms with van der Waals surface area (Å²) in [7, 11) is 1.65. The second-order valence-corrected chi connectivity index (χ2v) is 6.84. The Morgan fingerprint density at radius 3 is 2.63 bits per heavy atom. The Labute approximate surface area is 163 Å². The zero-order valence-electron chi connectivity index (χ0n) is 14.9. The minimum Gasteiger partial charge on any atom is -0.496 e. The van der Waals surface area contributed by atoms with E-state index in [1.54, 1.807) is 31.4 Å². The van der Waals surface area contributed by atoms with Gasteiger partial charge in [-0.2, -0.15) is 0 Å². The molecule has 27 heavy (non-hydrogen) atoms. The van der Waals surface area contributed by atoms with Gasteiger partial charge in [-0.1, -0.05) is 29.8 Å². The Kier molecular flexibility index (Phi) is 4.77. The number of benzene rings is 2. The van der Waals surface area contributed by atoms with Gasteiger partial charge < -0.3 is 19.5 Å². The second kappa shape index (κ2) is 7.37. The van der Waals surface area contributed by atoms with E-state index in [4.69, 9.17) is 16.3 Å². The Bertz CT molecular complexity index is 952. The standard InChI is InChI=1S/C21H20ClN3O2/c1-27-19-7-3-2-5-17(19)20-18-6-4-12-24(18)13-14-25(20)21(26)23-16-10-8-15(22)9-11-16/h2-12,20H,13-14H2,1H3,(H,23,26). The summed E-state index contributed by atoms with van der Waals surface area (Å²) < 4.78 is 7.75. The number of carbonyl (C=O) groups is 1. The number of anilines is 1. The Morgan fingerprint density at radius 2 is 1.85 bits per heavy atom. The predicted molar refractivity (Wildman–Crippen MR) is 106 cm³/mol. The van der Waals surface area contributed by atoms with Crippen LogP contribution in [0, 0.1) is 0 Å². The summed E-state index contributed by atoms with van der Waals surface area (Å²) in [4.78, 5) is 14.9. The number of hydrogen-bond donors (Lipinski definition) is 1. The number of amides is 2. The van der Waals surface area contributed by atoms with Crippen molar-refractivity contribution < 1.29 is 9.53 Å². The molecule has 2 amide bonds. The molecule has 0 saturated carbocycles. The van der Waals surface area contributed by atoms with Crippen molar-refractivity contribution in [3.8, 4) is 5.75 Å². The maximum absolute atomic E-state index is 13.1. The number of rotatable bonds is 3. The molecule has 1 aromatic heterocycles. The van der Waals surface area contributed by atoms with Gasteiger partial charge in [-0.25, -0.2) is 4.79 Å². The van der Waals surface area contributed by atoms with Crippen LogP contribution in [0.2, 0.25) is 5.02 Å². The molecule has 0 aliphatic carbocycles. The fourth-order valence-electron chi connectivity index (χ4n) is 3.55. The van der Waals surface area contributed by atoms with Gasteiger partial charge in [0, 0.05) is 41.3 Å². The first-order valence-corrected chi connectivity index (χ1v) is 9.16. The maximum atomic E-state index is 13.1. The molecule has 2 aromatic carbocycles. The highest BCUT2D eigenvalue weighted by molar-refractivity contribution is 6.30. The van der Waals surface area contributed by atoms with Crippen molar-refractivity contribution in [1.82, 2.24) is 9.47 Å². The molecule has 1 aliphatic rings. The Balaban J connectivity index is 1.70. The molecule has 1 atom stereocenters. The lowest BCUT2D eigenvalue weighted by atomic mass is 9.99. The number of hydrogen-bond acceptors (Lipinski definition) is 2. The number of para-hydroxylation sites is 1. The van der Waals surface area contributed by atoms with Crippen LogP contribution in [0.5, 0.6) is 5.75 Å². The number of nitrogens with one attached hydrogen (secondary N) is 1. The predicted octanol–water partition coefficient (Wildman–Crippen LogP) is 4.79. The smallest absolute Gasteiger partial charge is 0.322 e. The number of methoxy groups -OCH3 is 1. The average Bonchev–Trinajstić information content (AvgIpc) is 3.17. The van der Waals surface area contributed by atoms with Crippen molar-refractivity contribution in [1.29, 1.82) is 0 Å². The van der Waals surface area contributed by atoms with Crippen molar-refractivity contribution in [3.63, 3.8) is 0 Å². The molecule has 4 rings (SSSR count). The molecule has 1 N–H and O–H groups in total. The van der Waals surface area contributed by atoms with E-state index in [9.17, 15) is 4.79 Å². The average molecular weight is 382 g/mol. The first kappa shape index (κ1) is 17.5. The minimum atomic E-state index is -0.225. The molecule has 3 aromatic rings. The molecule has 5 nitrogen and oxygen atoms in total. The van der Waals surface area contributed by atoms with Crippen molar-refractivity contribution in [3.05, 3.63) is 83.1 Å². The molecule has 1 aliphatic heterocycles. The van der Waals surface area contributed by atoms with E-state index in [0.29, 0.717) is 17.3 Å². The number of nitrogens with zero attached hydrogens (tertiary/aromatic N) is 2. The Morgan fingerprint density at radius 1 is 1.07 bits per heavy atom. The fourth-order valence-corrected chi connectivity index (χ4v) is 3.68. The van der Waals surface area contributed by atoms with E-state index in [2.05, 4.69) is 16.0 Å². The number of halogens is 1. The quantitative estimate of drug-likeness (QED) is 0.709. The molecule has 0 bridgehead atoms. The van der Waals surface area contributed by atoms with Gasteiger partial charge in [0.15, 0.2) is 0 Å². The topological polar surface area (TPSA) is 46.5 Å². The van der Waals surface area contributed by atoms with Gasteiger partial charge in [0.1, 0.15) is 11.8 Å². The number of fused-ring (bicyclic) bond motifs is 1. The molecule has 138 valence electrons. The van der Waals surface area contributed by atoms with Crippen LogP contribution in [0.4, 0.5) is 10.5 Å². The fraction of sp³-hybridized carbons (Fsp3) is 0.190. The van der Waals surface area contributed by atoms with Gasteiger partial charge in [-0.3, -0.25) is 0 Å². The van der Waals surface area contributed by atoms with E-state index in [-0.39, 0.29) is 12.1 Å². The van der Waals surface area contributed by atoms with Crippen LogP contribution in [0.25, 0.3) is 0 Å². The van der Waals surface area contributed by atoms with Crippen LogP contribution in [0.15, 0.2) is 66.9 Å². The van der Waals surface area contributed by atoms with Gasteiger partial charge in [-0.05, 0) is 42.5 Å². The third kappa shape index (κ3) is 3.38. The molecule has 2 heterocycles. The van der Waals surface area contributed by atoms with Crippen LogP contribution < -0.4 is 10.1 Å². The van der Waals surface area contributed by atoms with Gasteiger partial charge in [-0.15, -0.1) is 0 Å². The normalized spacial score (nSPS) is 15.9. The highest BCUT2D eigenvalue weighted by Crippen LogP contribution is 2.37. The van der Waals surface area contributed by atoms with Crippen LogP contribution in [-0.4, -0.2) is 29.2 Å². The van der Waals surface area contributed by atoms with E-state index >= 15 is 0 Å². The summed E-state index contributed by atoms with van der Waals surface area (Å²) in [5, 5.41) is 3.61. The van der Waals surface area contributed by atoms with Crippen LogP contribution in [0.1, 0.15) is 17.3 Å². The number of ether oxygens (including phenoxy) is 1. The molecule has 0 spiro atoms. The molecule has 1 unspecified atom stereocenters. The summed E-state index contributed by atoms with van der Waals surface area (Å²) in [6, 6.07) is 18.6. The number of aromatic nitrogens is 1. The third-order valence-electron chi connectivity index (χ3n) is 4.83. The van der Waals surface area contributed by atoms with E-state index in [1.807, 2.05) is 41.4 Å². The molecule has 0 radical (unpaired) electrons. The van der Waals surface area contributed by atoms with Crippen molar-refractivity contribution in [2.24, 2.45) is 0 Å². The SMILES string of the molecule is COc1ccccc1C1c2cccn2CCN1C(=O)Nc1ccc(Cl)cc1. The van der Waals surface area contributed by atoms with Gasteiger partial charge in [0.25, 0.3) is 0 Å². The zero-order chi connectivity index (χ0) is 18.8. The summed E-state index contributed by atoms with van der Waals surface area (Å²) in [5.41, 5.74) is 2.74. The minimum absolute atomic E-state index is 0.152. The highest BCUT2D eigenvalue weighted by Gasteiger charge is 2.33. The highest BCUT2D eigenvalue weighted by atomic mass is 35.5. The maximum Gasteiger partial charge on any atom is 0.322 e. The van der Waals surface area contributed by atoms with Crippen molar-refractivity contribution >= 4 is 23.3 Å². The molecule has 6 heteroatoms. The molecule has 0 saturated heterocycles. The van der Waals surface area contributed by atoms with Gasteiger partial charge >= 0.3 is 6.03 Å². The molecule has 0 fully saturated rings. The lowest BCUT2D eigenvalue weighted by Crippen LogP contribution is -2.44. The Hall–Kier alpha value is -2.92. The summed E-state index contributed by atoms with van der Waals surface area (Å²) in [5.74, 6) is 0.765. The lowest BCUT2D eigenvalue weighted by Gasteiger charge is -2.37. The van der Waals surface area contributed by atoms with Gasteiger partial charge in [0.2, 0.25) is 0 Å². The summed E-state index contributed by atoms with van der Waals surface area (Å²) in [6.07, 6.45) is 2.05. The summed E-state index contributed by atoms with van der Waals surface area (Å²) in [6.45, 7) is 1.35.